The number of aryl methyl sites for hydroxylation is 1. The van der Waals surface area contributed by atoms with E-state index in [4.69, 9.17) is 5.11 Å². The first-order valence-electron chi connectivity index (χ1n) is 7.65. The topological polar surface area (TPSA) is 70.5 Å². The number of aromatic carboxylic acids is 1. The molecule has 1 aromatic heterocycles. The molecular formula is C18H22N2O3S. The van der Waals surface area contributed by atoms with E-state index in [0.717, 1.165) is 16.3 Å². The van der Waals surface area contributed by atoms with Crippen LogP contribution in [-0.2, 0) is 12.0 Å². The second-order valence-electron chi connectivity index (χ2n) is 6.85. The fraction of sp³-hybridized carbons (Fsp3) is 0.389. The van der Waals surface area contributed by atoms with Gasteiger partial charge in [0.1, 0.15) is 4.88 Å². The van der Waals surface area contributed by atoms with Crippen molar-refractivity contribution in [3.05, 3.63) is 51.0 Å². The van der Waals surface area contributed by atoms with Crippen LogP contribution in [0.4, 0.5) is 0 Å². The smallest absolute Gasteiger partial charge is 0.335 e. The van der Waals surface area contributed by atoms with E-state index in [0.29, 0.717) is 11.4 Å². The Balaban J connectivity index is 2.15. The molecule has 0 unspecified atom stereocenters. The predicted molar refractivity (Wildman–Crippen MR) is 94.7 cm³/mol. The van der Waals surface area contributed by atoms with Crippen LogP contribution in [0, 0.1) is 6.92 Å². The minimum Gasteiger partial charge on any atom is -0.478 e. The van der Waals surface area contributed by atoms with Gasteiger partial charge in [-0.05, 0) is 24.6 Å². The average Bonchev–Trinajstić information content (AvgIpc) is 2.89. The van der Waals surface area contributed by atoms with Crippen LogP contribution in [0.5, 0.6) is 0 Å². The van der Waals surface area contributed by atoms with Gasteiger partial charge in [-0.25, -0.2) is 9.78 Å². The Bertz CT molecular complexity index is 758. The molecule has 0 saturated heterocycles. The molecule has 0 radical (unpaired) electrons. The van der Waals surface area contributed by atoms with Gasteiger partial charge in [-0.15, -0.1) is 11.3 Å². The molecule has 0 bridgehead atoms. The number of carboxylic acids is 1. The van der Waals surface area contributed by atoms with Gasteiger partial charge in [0, 0.05) is 19.0 Å². The molecule has 6 heteroatoms. The summed E-state index contributed by atoms with van der Waals surface area (Å²) in [7, 11) is 1.74. The molecule has 5 nitrogen and oxygen atoms in total. The molecule has 2 rings (SSSR count). The number of carbonyl (C=O) groups is 2. The van der Waals surface area contributed by atoms with Gasteiger partial charge in [-0.2, -0.15) is 0 Å². The van der Waals surface area contributed by atoms with E-state index in [-0.39, 0.29) is 16.9 Å². The molecule has 0 aliphatic heterocycles. The van der Waals surface area contributed by atoms with Crippen molar-refractivity contribution in [2.45, 2.75) is 39.7 Å². The highest BCUT2D eigenvalue weighted by Crippen LogP contribution is 2.30. The van der Waals surface area contributed by atoms with Crippen LogP contribution in [-0.4, -0.2) is 33.9 Å². The van der Waals surface area contributed by atoms with Gasteiger partial charge < -0.3 is 10.0 Å². The maximum Gasteiger partial charge on any atom is 0.335 e. The zero-order valence-corrected chi connectivity index (χ0v) is 15.4. The Labute approximate surface area is 146 Å². The van der Waals surface area contributed by atoms with Crippen molar-refractivity contribution in [1.29, 1.82) is 0 Å². The molecule has 128 valence electrons. The number of benzene rings is 1. The van der Waals surface area contributed by atoms with Crippen molar-refractivity contribution in [1.82, 2.24) is 9.88 Å². The van der Waals surface area contributed by atoms with Gasteiger partial charge in [0.15, 0.2) is 0 Å². The summed E-state index contributed by atoms with van der Waals surface area (Å²) in [6, 6.07) is 6.55. The zero-order valence-electron chi connectivity index (χ0n) is 14.6. The van der Waals surface area contributed by atoms with Crippen LogP contribution in [0.3, 0.4) is 0 Å². The second kappa shape index (κ2) is 6.73. The first-order chi connectivity index (χ1) is 11.1. The van der Waals surface area contributed by atoms with Gasteiger partial charge in [-0.1, -0.05) is 32.9 Å². The Morgan fingerprint density at radius 2 is 1.79 bits per heavy atom. The van der Waals surface area contributed by atoms with E-state index >= 15 is 0 Å². The number of hydrogen-bond acceptors (Lipinski definition) is 4. The van der Waals surface area contributed by atoms with Crippen LogP contribution >= 0.6 is 11.3 Å². The second-order valence-corrected chi connectivity index (χ2v) is 7.85. The number of aromatic nitrogens is 1. The number of hydrogen-bond donors (Lipinski definition) is 1. The van der Waals surface area contributed by atoms with Gasteiger partial charge >= 0.3 is 5.97 Å². The summed E-state index contributed by atoms with van der Waals surface area (Å²) in [5.41, 5.74) is 1.79. The summed E-state index contributed by atoms with van der Waals surface area (Å²) in [4.78, 5) is 30.4. The largest absolute Gasteiger partial charge is 0.478 e. The van der Waals surface area contributed by atoms with E-state index in [9.17, 15) is 9.59 Å². The van der Waals surface area contributed by atoms with Crippen molar-refractivity contribution in [2.24, 2.45) is 0 Å². The van der Waals surface area contributed by atoms with E-state index in [1.165, 1.54) is 11.3 Å². The summed E-state index contributed by atoms with van der Waals surface area (Å²) < 4.78 is 0. The highest BCUT2D eigenvalue weighted by Gasteiger charge is 2.24. The number of carboxylic acid groups (broad SMARTS) is 1. The Kier molecular flexibility index (Phi) is 5.08. The normalized spacial score (nSPS) is 11.4. The lowest BCUT2D eigenvalue weighted by Gasteiger charge is -2.17. The molecule has 0 atom stereocenters. The Hall–Kier alpha value is -2.21. The summed E-state index contributed by atoms with van der Waals surface area (Å²) in [5, 5.41) is 9.87. The van der Waals surface area contributed by atoms with Crippen LogP contribution < -0.4 is 0 Å². The highest BCUT2D eigenvalue weighted by molar-refractivity contribution is 7.14. The van der Waals surface area contributed by atoms with Gasteiger partial charge in [-0.3, -0.25) is 4.79 Å². The molecule has 0 spiro atoms. The predicted octanol–water partition coefficient (Wildman–Crippen LogP) is 3.72. The lowest BCUT2D eigenvalue weighted by molar-refractivity contribution is 0.0695. The Morgan fingerprint density at radius 3 is 2.25 bits per heavy atom. The number of thiazole rings is 1. The molecular weight excluding hydrogens is 324 g/mol. The zero-order chi connectivity index (χ0) is 18.1. The summed E-state index contributed by atoms with van der Waals surface area (Å²) in [5.74, 6) is -1.02. The van der Waals surface area contributed by atoms with Crippen LogP contribution in [0.25, 0.3) is 0 Å². The lowest BCUT2D eigenvalue weighted by atomic mass is 9.98. The van der Waals surface area contributed by atoms with Gasteiger partial charge in [0.25, 0.3) is 5.91 Å². The minimum absolute atomic E-state index is 0.0668. The molecule has 0 fully saturated rings. The maximum absolute atomic E-state index is 12.7. The minimum atomic E-state index is -0.957. The molecule has 2 aromatic rings. The third-order valence-electron chi connectivity index (χ3n) is 3.60. The van der Waals surface area contributed by atoms with Gasteiger partial charge in [0.05, 0.1) is 16.3 Å². The van der Waals surface area contributed by atoms with Crippen LogP contribution in [0.15, 0.2) is 24.3 Å². The van der Waals surface area contributed by atoms with Crippen LogP contribution in [0.1, 0.15) is 57.1 Å². The molecule has 1 N–H and O–H groups in total. The monoisotopic (exact) mass is 346 g/mol. The van der Waals surface area contributed by atoms with Crippen molar-refractivity contribution < 1.29 is 14.7 Å². The van der Waals surface area contributed by atoms with E-state index < -0.39 is 5.97 Å². The molecule has 24 heavy (non-hydrogen) atoms. The lowest BCUT2D eigenvalue weighted by Crippen LogP contribution is -2.26. The molecule has 0 aliphatic rings. The Morgan fingerprint density at radius 1 is 1.21 bits per heavy atom. The first-order valence-corrected chi connectivity index (χ1v) is 8.47. The van der Waals surface area contributed by atoms with Gasteiger partial charge in [0.2, 0.25) is 0 Å². The van der Waals surface area contributed by atoms with E-state index in [1.54, 1.807) is 36.2 Å². The van der Waals surface area contributed by atoms with E-state index in [1.807, 2.05) is 6.92 Å². The standard InChI is InChI=1S/C18H22N2O3S/c1-11-14(24-17(19-11)18(2,3)4)15(21)20(5)10-12-6-8-13(9-7-12)16(22)23/h6-9H,10H2,1-5H3,(H,22,23). The fourth-order valence-corrected chi connectivity index (χ4v) is 3.31. The summed E-state index contributed by atoms with van der Waals surface area (Å²) in [6.45, 7) is 8.50. The third kappa shape index (κ3) is 4.00. The number of amides is 1. The molecule has 1 amide bonds. The number of nitrogens with zero attached hydrogens (tertiary/aromatic N) is 2. The molecule has 1 aromatic carbocycles. The maximum atomic E-state index is 12.7. The van der Waals surface area contributed by atoms with E-state index in [2.05, 4.69) is 25.8 Å². The SMILES string of the molecule is Cc1nc(C(C)(C)C)sc1C(=O)N(C)Cc1ccc(C(=O)O)cc1. The summed E-state index contributed by atoms with van der Waals surface area (Å²) in [6.07, 6.45) is 0. The third-order valence-corrected chi connectivity index (χ3v) is 5.17. The molecule has 0 aliphatic carbocycles. The van der Waals surface area contributed by atoms with Crippen molar-refractivity contribution in [2.75, 3.05) is 7.05 Å². The molecule has 1 heterocycles. The fourth-order valence-electron chi connectivity index (χ4n) is 2.19. The highest BCUT2D eigenvalue weighted by atomic mass is 32.1. The first kappa shape index (κ1) is 18.1. The average molecular weight is 346 g/mol. The quantitative estimate of drug-likeness (QED) is 0.916. The number of carbonyl (C=O) groups excluding carboxylic acids is 1. The van der Waals surface area contributed by atoms with Crippen LogP contribution in [0.2, 0.25) is 0 Å². The summed E-state index contributed by atoms with van der Waals surface area (Å²) >= 11 is 1.44. The molecule has 0 saturated carbocycles. The number of rotatable bonds is 4. The van der Waals surface area contributed by atoms with Crippen molar-refractivity contribution in [3.8, 4) is 0 Å². The van der Waals surface area contributed by atoms with Crippen molar-refractivity contribution in [3.63, 3.8) is 0 Å². The van der Waals surface area contributed by atoms with Crippen molar-refractivity contribution >= 4 is 23.2 Å².